The van der Waals surface area contributed by atoms with E-state index in [9.17, 15) is 19.2 Å². The van der Waals surface area contributed by atoms with E-state index in [1.54, 1.807) is 0 Å². The van der Waals surface area contributed by atoms with Gasteiger partial charge in [0.05, 0.1) is 12.1 Å². The van der Waals surface area contributed by atoms with E-state index in [0.717, 1.165) is 39.3 Å². The number of carbonyl (C=O) groups excluding carboxylic acids is 4. The molecule has 0 unspecified atom stereocenters. The van der Waals surface area contributed by atoms with E-state index in [0.29, 0.717) is 17.1 Å². The van der Waals surface area contributed by atoms with Crippen molar-refractivity contribution < 1.29 is 19.2 Å². The molecule has 0 N–H and O–H groups in total. The lowest BCUT2D eigenvalue weighted by Gasteiger charge is -2.21. The predicted molar refractivity (Wildman–Crippen MR) is 113 cm³/mol. The molecule has 3 fully saturated rings. The second kappa shape index (κ2) is 7.67. The topological polar surface area (TPSA) is 77.3 Å². The summed E-state index contributed by atoms with van der Waals surface area (Å²) < 4.78 is 0. The average molecular weight is 416 g/mol. The first-order valence-corrected chi connectivity index (χ1v) is 10.7. The Labute approximate surface area is 178 Å². The first-order valence-electron chi connectivity index (χ1n) is 10.7. The zero-order valence-corrected chi connectivity index (χ0v) is 19.0. The third kappa shape index (κ3) is 5.18. The van der Waals surface area contributed by atoms with Crippen LogP contribution < -0.4 is 0 Å². The molecular formula is C23H33N3O4. The van der Waals surface area contributed by atoms with E-state index < -0.39 is 10.8 Å². The van der Waals surface area contributed by atoms with Crippen LogP contribution in [-0.4, -0.2) is 77.1 Å². The van der Waals surface area contributed by atoms with Gasteiger partial charge in [-0.3, -0.25) is 19.2 Å². The number of carbonyl (C=O) groups is 4. The lowest BCUT2D eigenvalue weighted by atomic mass is 9.82. The van der Waals surface area contributed by atoms with Gasteiger partial charge < -0.3 is 14.7 Å². The summed E-state index contributed by atoms with van der Waals surface area (Å²) in [5.74, 6) is 0.0900. The standard InChI is InChI=1S/C12H13N3O2.C11H20O2/c16-9-7-8(13-1-2-13)12(17)11(15-5-6-15)10(9)14-3-4-14;1-10(2,3)8(12)7-9(13)11(4,5)6/h7H,1-6H2;7H2,1-6H3. The summed E-state index contributed by atoms with van der Waals surface area (Å²) in [5, 5.41) is 0. The third-order valence-corrected chi connectivity index (χ3v) is 5.48. The number of Topliss-reactive ketones (excluding diaryl/α,β-unsaturated/α-hetero) is 3. The maximum absolute atomic E-state index is 12.4. The van der Waals surface area contributed by atoms with E-state index in [2.05, 4.69) is 0 Å². The molecule has 0 atom stereocenters. The monoisotopic (exact) mass is 415 g/mol. The van der Waals surface area contributed by atoms with Crippen molar-refractivity contribution >= 4 is 23.1 Å². The highest BCUT2D eigenvalue weighted by molar-refractivity contribution is 6.22. The normalized spacial score (nSPS) is 20.6. The van der Waals surface area contributed by atoms with Crippen molar-refractivity contribution in [3.63, 3.8) is 0 Å². The van der Waals surface area contributed by atoms with Crippen molar-refractivity contribution in [3.05, 3.63) is 23.2 Å². The SMILES string of the molecule is CC(C)(C)C(=O)CC(=O)C(C)(C)C.O=C1C=C(N2CC2)C(=O)C(N2CC2)=C1N1CC1. The molecule has 0 aromatic heterocycles. The molecule has 3 aliphatic heterocycles. The summed E-state index contributed by atoms with van der Waals surface area (Å²) >= 11 is 0. The number of rotatable bonds is 5. The van der Waals surface area contributed by atoms with Gasteiger partial charge in [0.25, 0.3) is 0 Å². The van der Waals surface area contributed by atoms with Crippen molar-refractivity contribution in [3.8, 4) is 0 Å². The third-order valence-electron chi connectivity index (χ3n) is 5.48. The maximum atomic E-state index is 12.4. The van der Waals surface area contributed by atoms with Crippen LogP contribution in [0.1, 0.15) is 48.0 Å². The van der Waals surface area contributed by atoms with Crippen LogP contribution >= 0.6 is 0 Å². The van der Waals surface area contributed by atoms with Gasteiger partial charge in [-0.1, -0.05) is 41.5 Å². The van der Waals surface area contributed by atoms with Crippen LogP contribution in [0.4, 0.5) is 0 Å². The molecule has 1 aliphatic carbocycles. The summed E-state index contributed by atoms with van der Waals surface area (Å²) in [6.07, 6.45) is 1.59. The molecule has 3 saturated heterocycles. The van der Waals surface area contributed by atoms with Gasteiger partial charge in [-0.05, 0) is 0 Å². The number of ketones is 4. The molecule has 7 heteroatoms. The molecule has 0 aromatic carbocycles. The molecule has 0 saturated carbocycles. The molecule has 0 amide bonds. The van der Waals surface area contributed by atoms with Crippen molar-refractivity contribution in [2.24, 2.45) is 10.8 Å². The van der Waals surface area contributed by atoms with E-state index in [4.69, 9.17) is 0 Å². The first kappa shape index (κ1) is 22.2. The second-order valence-corrected chi connectivity index (χ2v) is 10.4. The molecule has 0 aromatic rings. The Hall–Kier alpha value is -2.44. The molecule has 0 spiro atoms. The van der Waals surface area contributed by atoms with Gasteiger partial charge in [0.15, 0.2) is 0 Å². The number of allylic oxidation sites excluding steroid dienone is 1. The predicted octanol–water partition coefficient (Wildman–Crippen LogP) is 1.79. The fourth-order valence-electron chi connectivity index (χ4n) is 2.95. The fraction of sp³-hybridized carbons (Fsp3) is 0.652. The van der Waals surface area contributed by atoms with Crippen LogP contribution in [0.25, 0.3) is 0 Å². The van der Waals surface area contributed by atoms with E-state index >= 15 is 0 Å². The van der Waals surface area contributed by atoms with Crippen LogP contribution in [0.5, 0.6) is 0 Å². The van der Waals surface area contributed by atoms with Gasteiger partial charge in [-0.15, -0.1) is 0 Å². The van der Waals surface area contributed by atoms with Gasteiger partial charge in [0.2, 0.25) is 11.6 Å². The maximum Gasteiger partial charge on any atom is 0.227 e. The second-order valence-electron chi connectivity index (χ2n) is 10.4. The minimum absolute atomic E-state index is 0.00546. The van der Waals surface area contributed by atoms with Gasteiger partial charge in [0, 0.05) is 56.2 Å². The number of hydrogen-bond acceptors (Lipinski definition) is 7. The Morgan fingerprint density at radius 2 is 1.13 bits per heavy atom. The van der Waals surface area contributed by atoms with Crippen molar-refractivity contribution in [1.82, 2.24) is 14.7 Å². The van der Waals surface area contributed by atoms with Crippen molar-refractivity contribution in [2.45, 2.75) is 48.0 Å². The minimum atomic E-state index is -0.402. The Balaban J connectivity index is 0.000000180. The molecule has 30 heavy (non-hydrogen) atoms. The zero-order chi connectivity index (χ0) is 22.4. The molecule has 4 rings (SSSR count). The van der Waals surface area contributed by atoms with Crippen LogP contribution in [0.3, 0.4) is 0 Å². The van der Waals surface area contributed by atoms with Crippen LogP contribution in [0, 0.1) is 10.8 Å². The lowest BCUT2D eigenvalue weighted by Crippen LogP contribution is -2.29. The van der Waals surface area contributed by atoms with Crippen molar-refractivity contribution in [2.75, 3.05) is 39.3 Å². The average Bonchev–Trinajstić information content (AvgIpc) is 3.44. The quantitative estimate of drug-likeness (QED) is 0.385. The first-order chi connectivity index (χ1) is 13.8. The zero-order valence-electron chi connectivity index (χ0n) is 19.0. The Bertz CT molecular complexity index is 819. The highest BCUT2D eigenvalue weighted by atomic mass is 16.2. The van der Waals surface area contributed by atoms with Gasteiger partial charge >= 0.3 is 0 Å². The van der Waals surface area contributed by atoms with Crippen LogP contribution in [0.15, 0.2) is 23.2 Å². The Morgan fingerprint density at radius 3 is 1.50 bits per heavy atom. The molecule has 0 radical (unpaired) electrons. The Morgan fingerprint density at radius 1 is 0.733 bits per heavy atom. The van der Waals surface area contributed by atoms with Crippen LogP contribution in [-0.2, 0) is 19.2 Å². The fourth-order valence-corrected chi connectivity index (χ4v) is 2.95. The highest BCUT2D eigenvalue weighted by Gasteiger charge is 2.43. The molecule has 0 bridgehead atoms. The summed E-state index contributed by atoms with van der Waals surface area (Å²) in [4.78, 5) is 53.5. The van der Waals surface area contributed by atoms with E-state index in [1.807, 2.05) is 56.2 Å². The smallest absolute Gasteiger partial charge is 0.227 e. The summed E-state index contributed by atoms with van der Waals surface area (Å²) in [6.45, 7) is 16.4. The molecular weight excluding hydrogens is 382 g/mol. The number of nitrogens with zero attached hydrogens (tertiary/aromatic N) is 3. The molecule has 7 nitrogen and oxygen atoms in total. The van der Waals surface area contributed by atoms with E-state index in [1.165, 1.54) is 6.08 Å². The summed E-state index contributed by atoms with van der Waals surface area (Å²) in [5.41, 5.74) is 1.08. The highest BCUT2D eigenvalue weighted by Crippen LogP contribution is 2.34. The van der Waals surface area contributed by atoms with E-state index in [-0.39, 0.29) is 29.6 Å². The number of hydrogen-bond donors (Lipinski definition) is 0. The minimum Gasteiger partial charge on any atom is -0.365 e. The largest absolute Gasteiger partial charge is 0.365 e. The Kier molecular flexibility index (Phi) is 5.69. The van der Waals surface area contributed by atoms with Gasteiger partial charge in [0.1, 0.15) is 23.0 Å². The summed E-state index contributed by atoms with van der Waals surface area (Å²) in [7, 11) is 0. The van der Waals surface area contributed by atoms with Crippen LogP contribution in [0.2, 0.25) is 0 Å². The van der Waals surface area contributed by atoms with Gasteiger partial charge in [-0.25, -0.2) is 0 Å². The molecule has 164 valence electrons. The molecule has 3 heterocycles. The molecule has 4 aliphatic rings. The van der Waals surface area contributed by atoms with Gasteiger partial charge in [-0.2, -0.15) is 0 Å². The summed E-state index contributed by atoms with van der Waals surface area (Å²) in [6, 6.07) is 0. The lowest BCUT2D eigenvalue weighted by molar-refractivity contribution is -0.135. The van der Waals surface area contributed by atoms with Crippen molar-refractivity contribution in [1.29, 1.82) is 0 Å².